The fourth-order valence-electron chi connectivity index (χ4n) is 1.28. The summed E-state index contributed by atoms with van der Waals surface area (Å²) < 4.78 is 0. The smallest absolute Gasteiger partial charge is 0.0612 e. The monoisotopic (exact) mass is 192 g/mol. The van der Waals surface area contributed by atoms with E-state index in [0.717, 1.165) is 10.7 Å². The van der Waals surface area contributed by atoms with Crippen molar-refractivity contribution in [2.45, 2.75) is 6.04 Å². The summed E-state index contributed by atoms with van der Waals surface area (Å²) in [4.78, 5) is 0. The van der Waals surface area contributed by atoms with Crippen molar-refractivity contribution in [1.82, 2.24) is 0 Å². The summed E-state index contributed by atoms with van der Waals surface area (Å²) in [5.74, 6) is 7.31. The minimum atomic E-state index is -0.101. The molecule has 0 aliphatic heterocycles. The zero-order valence-electron chi connectivity index (χ0n) is 7.67. The molecule has 0 fully saturated rings. The fourth-order valence-corrected chi connectivity index (χ4v) is 2.45. The van der Waals surface area contributed by atoms with E-state index in [-0.39, 0.29) is 15.0 Å². The van der Waals surface area contributed by atoms with Crippen molar-refractivity contribution in [2.24, 2.45) is 5.92 Å². The highest BCUT2D eigenvalue weighted by Gasteiger charge is 2.13. The van der Waals surface area contributed by atoms with Crippen molar-refractivity contribution in [3.8, 4) is 24.2 Å². The lowest BCUT2D eigenvalue weighted by atomic mass is 9.95. The van der Waals surface area contributed by atoms with Crippen LogP contribution in [0.1, 0.15) is 0 Å². The molecule has 0 saturated carbocycles. The molecular weight excluding hydrogens is 184 g/mol. The Bertz CT molecular complexity index is 427. The van der Waals surface area contributed by atoms with Crippen LogP contribution in [-0.2, 0) is 0 Å². The van der Waals surface area contributed by atoms with Crippen molar-refractivity contribution in [2.75, 3.05) is 0 Å². The lowest BCUT2D eigenvalue weighted by Gasteiger charge is -2.14. The van der Waals surface area contributed by atoms with Gasteiger partial charge in [-0.05, 0) is 24.1 Å². The van der Waals surface area contributed by atoms with E-state index in [1.165, 1.54) is 0 Å². The van der Waals surface area contributed by atoms with E-state index in [1.54, 1.807) is 0 Å². The molecule has 1 atom stereocenters. The Labute approximate surface area is 87.5 Å². The second kappa shape index (κ2) is 5.08. The quantitative estimate of drug-likeness (QED) is 0.428. The highest BCUT2D eigenvalue weighted by atomic mass is 28.2. The zero-order valence-corrected chi connectivity index (χ0v) is 8.83. The molecule has 1 rings (SSSR count). The zero-order chi connectivity index (χ0) is 10.4. The van der Waals surface area contributed by atoms with Gasteiger partial charge in [0.15, 0.2) is 0 Å². The van der Waals surface area contributed by atoms with Crippen molar-refractivity contribution < 1.29 is 0 Å². The lowest BCUT2D eigenvalue weighted by Crippen LogP contribution is -2.18. The van der Waals surface area contributed by atoms with E-state index in [9.17, 15) is 0 Å². The number of terminal acetylenes is 1. The predicted molar refractivity (Wildman–Crippen MR) is 60.8 cm³/mol. The average Bonchev–Trinajstić information content (AvgIpc) is 2.25. The van der Waals surface area contributed by atoms with Crippen molar-refractivity contribution in [1.29, 1.82) is 0 Å². The van der Waals surface area contributed by atoms with E-state index in [2.05, 4.69) is 17.8 Å². The van der Waals surface area contributed by atoms with Crippen LogP contribution in [-0.4, -0.2) is 14.3 Å². The molecule has 14 heavy (non-hydrogen) atoms. The van der Waals surface area contributed by atoms with E-state index < -0.39 is 0 Å². The van der Waals surface area contributed by atoms with Gasteiger partial charge in [0, 0.05) is 20.7 Å². The normalized spacial score (nSPS) is 21.9. The molecule has 0 aromatic heterocycles. The largest absolute Gasteiger partial charge is 0.120 e. The van der Waals surface area contributed by atoms with E-state index in [0.29, 0.717) is 6.04 Å². The van der Waals surface area contributed by atoms with E-state index >= 15 is 0 Å². The maximum Gasteiger partial charge on any atom is 0.0612 e. The molecule has 0 bridgehead atoms. The van der Waals surface area contributed by atoms with Gasteiger partial charge < -0.3 is 0 Å². The third-order valence-electron chi connectivity index (χ3n) is 1.94. The number of hydrogen-bond donors (Lipinski definition) is 0. The summed E-state index contributed by atoms with van der Waals surface area (Å²) in [7, 11) is -0.0518. The van der Waals surface area contributed by atoms with Crippen LogP contribution in [0.2, 0.25) is 6.04 Å². The van der Waals surface area contributed by atoms with Gasteiger partial charge >= 0.3 is 0 Å². The molecule has 0 amide bonds. The summed E-state index contributed by atoms with van der Waals surface area (Å²) >= 11 is 0. The molecule has 64 valence electrons. The van der Waals surface area contributed by atoms with Crippen LogP contribution in [0.5, 0.6) is 0 Å². The summed E-state index contributed by atoms with van der Waals surface area (Å²) in [6.07, 6.45) is 25.0. The molecule has 2 radical (unpaired) electrons. The Morgan fingerprint density at radius 3 is 2.86 bits per heavy atom. The topological polar surface area (TPSA) is 0 Å². The molecular formula is C13H8Si. The van der Waals surface area contributed by atoms with Crippen LogP contribution in [0.15, 0.2) is 23.8 Å². The fraction of sp³-hybridized carbons (Fsp3) is 0.154. The van der Waals surface area contributed by atoms with E-state index in [1.807, 2.05) is 18.2 Å². The first-order chi connectivity index (χ1) is 6.83. The molecule has 1 aliphatic rings. The summed E-state index contributed by atoms with van der Waals surface area (Å²) in [6.45, 7) is 0. The average molecular weight is 192 g/mol. The Morgan fingerprint density at radius 1 is 1.50 bits per heavy atom. The molecule has 0 N–H and O–H groups in total. The van der Waals surface area contributed by atoms with Crippen LogP contribution in [0.25, 0.3) is 0 Å². The predicted octanol–water partition coefficient (Wildman–Crippen LogP) is 0.939. The molecule has 1 aliphatic carbocycles. The van der Waals surface area contributed by atoms with Gasteiger partial charge in [0.1, 0.15) is 0 Å². The Balaban J connectivity index is 3.05. The third kappa shape index (κ3) is 2.14. The molecule has 0 spiro atoms. The van der Waals surface area contributed by atoms with Gasteiger partial charge in [-0.2, -0.15) is 0 Å². The SMILES string of the molecule is [C]#CC1=CC=CC(C#[C])C1=[SiH]CC#C. The minimum Gasteiger partial charge on any atom is -0.120 e. The molecule has 0 aromatic rings. The maximum absolute atomic E-state index is 7.15. The molecule has 1 unspecified atom stereocenters. The minimum absolute atomic E-state index is 0.0518. The van der Waals surface area contributed by atoms with Crippen LogP contribution < -0.4 is 0 Å². The Kier molecular flexibility index (Phi) is 3.75. The third-order valence-corrected chi connectivity index (χ3v) is 3.49. The van der Waals surface area contributed by atoms with Gasteiger partial charge in [-0.3, -0.25) is 0 Å². The van der Waals surface area contributed by atoms with Crippen LogP contribution >= 0.6 is 0 Å². The molecule has 0 aromatic carbocycles. The first-order valence-corrected chi connectivity index (χ1v) is 5.60. The Hall–Kier alpha value is -1.75. The number of rotatable bonds is 1. The number of allylic oxidation sites excluding steroid dienone is 4. The second-order valence-corrected chi connectivity index (χ2v) is 4.22. The maximum atomic E-state index is 7.15. The van der Waals surface area contributed by atoms with Gasteiger partial charge in [-0.15, -0.1) is 12.3 Å². The van der Waals surface area contributed by atoms with E-state index in [4.69, 9.17) is 19.3 Å². The Morgan fingerprint density at radius 2 is 2.29 bits per heavy atom. The standard InChI is InChI=1S/C13H8Si/c1-4-10-14-13-11(5-2)8-7-9-12(13)6-3/h1,7-9,11,14H,10H2. The van der Waals surface area contributed by atoms with Crippen molar-refractivity contribution in [3.63, 3.8) is 0 Å². The number of hydrogen-bond acceptors (Lipinski definition) is 0. The summed E-state index contributed by atoms with van der Waals surface area (Å²) in [5, 5.41) is 1.05. The van der Waals surface area contributed by atoms with Gasteiger partial charge in [-0.1, -0.05) is 24.0 Å². The van der Waals surface area contributed by atoms with Gasteiger partial charge in [0.25, 0.3) is 0 Å². The lowest BCUT2D eigenvalue weighted by molar-refractivity contribution is 1.20. The second-order valence-electron chi connectivity index (χ2n) is 2.78. The first kappa shape index (κ1) is 10.3. The van der Waals surface area contributed by atoms with Crippen LogP contribution in [0.4, 0.5) is 0 Å². The molecule has 0 nitrogen and oxygen atoms in total. The van der Waals surface area contributed by atoms with Crippen LogP contribution in [0, 0.1) is 42.9 Å². The van der Waals surface area contributed by atoms with Gasteiger partial charge in [-0.25, -0.2) is 0 Å². The van der Waals surface area contributed by atoms with Crippen LogP contribution in [0.3, 0.4) is 0 Å². The van der Waals surface area contributed by atoms with Gasteiger partial charge in [0.2, 0.25) is 0 Å². The molecule has 0 heterocycles. The van der Waals surface area contributed by atoms with Crippen molar-refractivity contribution >= 4 is 14.3 Å². The highest BCUT2D eigenvalue weighted by Crippen LogP contribution is 2.13. The summed E-state index contributed by atoms with van der Waals surface area (Å²) in [6, 6.07) is 0.709. The molecule has 0 saturated heterocycles. The van der Waals surface area contributed by atoms with Crippen molar-refractivity contribution in [3.05, 3.63) is 36.6 Å². The first-order valence-electron chi connectivity index (χ1n) is 4.21. The summed E-state index contributed by atoms with van der Waals surface area (Å²) in [5.41, 5.74) is 0.766. The molecule has 1 heteroatoms. The highest BCUT2D eigenvalue weighted by molar-refractivity contribution is 6.60. The van der Waals surface area contributed by atoms with Gasteiger partial charge in [0.05, 0.1) is 5.92 Å².